The maximum absolute atomic E-state index is 5.28. The molecule has 7 heteroatoms. The molecule has 7 nitrogen and oxygen atoms in total. The lowest BCUT2D eigenvalue weighted by molar-refractivity contribution is -0.464. The SMILES string of the molecule is COc1cc(/C(C)=N\[NH+]=C(N)N)cc(OC)c1OC. The molecule has 0 aliphatic carbocycles. The van der Waals surface area contributed by atoms with Gasteiger partial charge >= 0.3 is 5.96 Å². The van der Waals surface area contributed by atoms with E-state index >= 15 is 0 Å². The van der Waals surface area contributed by atoms with Crippen molar-refractivity contribution in [3.8, 4) is 17.2 Å². The van der Waals surface area contributed by atoms with Gasteiger partial charge in [-0.3, -0.25) is 11.5 Å². The van der Waals surface area contributed by atoms with Gasteiger partial charge in [-0.1, -0.05) is 0 Å². The molecule has 1 aromatic carbocycles. The number of hydrazone groups is 1. The molecule has 0 unspecified atom stereocenters. The number of nitrogens with two attached hydrogens (primary N) is 2. The van der Waals surface area contributed by atoms with E-state index in [-0.39, 0.29) is 5.96 Å². The summed E-state index contributed by atoms with van der Waals surface area (Å²) in [5, 5.41) is 6.52. The largest absolute Gasteiger partial charge is 0.493 e. The number of methoxy groups -OCH3 is 3. The van der Waals surface area contributed by atoms with Gasteiger partial charge in [-0.25, -0.2) is 0 Å². The van der Waals surface area contributed by atoms with Gasteiger partial charge in [-0.2, -0.15) is 5.10 Å². The van der Waals surface area contributed by atoms with Crippen molar-refractivity contribution in [3.63, 3.8) is 0 Å². The van der Waals surface area contributed by atoms with Crippen LogP contribution in [0.25, 0.3) is 0 Å². The molecule has 1 aromatic rings. The Morgan fingerprint density at radius 2 is 1.58 bits per heavy atom. The van der Waals surface area contributed by atoms with Crippen molar-refractivity contribution in [2.45, 2.75) is 6.92 Å². The maximum atomic E-state index is 5.28. The third-order valence-electron chi connectivity index (χ3n) is 2.44. The first-order valence-electron chi connectivity index (χ1n) is 5.52. The monoisotopic (exact) mass is 267 g/mol. The van der Waals surface area contributed by atoms with Gasteiger partial charge in [0.05, 0.1) is 27.0 Å². The normalized spacial score (nSPS) is 10.8. The molecule has 0 atom stereocenters. The predicted octanol–water partition coefficient (Wildman–Crippen LogP) is -1.21. The van der Waals surface area contributed by atoms with E-state index < -0.39 is 0 Å². The summed E-state index contributed by atoms with van der Waals surface area (Å²) in [5.41, 5.74) is 12.0. The van der Waals surface area contributed by atoms with E-state index in [4.69, 9.17) is 25.7 Å². The Labute approximate surface area is 111 Å². The highest BCUT2D eigenvalue weighted by atomic mass is 16.5. The minimum atomic E-state index is 0.0202. The van der Waals surface area contributed by atoms with Crippen molar-refractivity contribution in [1.82, 2.24) is 0 Å². The number of nitrogens with zero attached hydrogens (tertiary/aromatic N) is 1. The van der Waals surface area contributed by atoms with Crippen LogP contribution >= 0.6 is 0 Å². The number of benzene rings is 1. The molecule has 0 radical (unpaired) electrons. The number of nitrogens with one attached hydrogen (secondary N) is 1. The van der Waals surface area contributed by atoms with Gasteiger partial charge in [0.1, 0.15) is 0 Å². The third-order valence-corrected chi connectivity index (χ3v) is 2.44. The van der Waals surface area contributed by atoms with Crippen LogP contribution in [0.2, 0.25) is 0 Å². The molecule has 0 spiro atoms. The summed E-state index contributed by atoms with van der Waals surface area (Å²) in [6.07, 6.45) is 0. The van der Waals surface area contributed by atoms with Gasteiger partial charge in [0.25, 0.3) is 0 Å². The number of guanidine groups is 1. The maximum Gasteiger partial charge on any atom is 0.362 e. The molecule has 104 valence electrons. The van der Waals surface area contributed by atoms with Gasteiger partial charge in [0, 0.05) is 5.56 Å². The van der Waals surface area contributed by atoms with Crippen molar-refractivity contribution in [2.75, 3.05) is 21.3 Å². The summed E-state index contributed by atoms with van der Waals surface area (Å²) in [6, 6.07) is 3.57. The average molecular weight is 267 g/mol. The van der Waals surface area contributed by atoms with Crippen LogP contribution in [0.3, 0.4) is 0 Å². The summed E-state index contributed by atoms with van der Waals surface area (Å²) in [5.74, 6) is 1.65. The van der Waals surface area contributed by atoms with Gasteiger partial charge in [0.2, 0.25) is 5.75 Å². The summed E-state index contributed by atoms with van der Waals surface area (Å²) in [6.45, 7) is 1.80. The highest BCUT2D eigenvalue weighted by Gasteiger charge is 2.14. The Balaban J connectivity index is 3.30. The molecular weight excluding hydrogens is 248 g/mol. The van der Waals surface area contributed by atoms with Gasteiger partial charge in [-0.15, -0.1) is 5.10 Å². The van der Waals surface area contributed by atoms with Gasteiger partial charge in [-0.05, 0) is 19.1 Å². The smallest absolute Gasteiger partial charge is 0.362 e. The van der Waals surface area contributed by atoms with E-state index in [1.165, 1.54) is 0 Å². The van der Waals surface area contributed by atoms with Crippen molar-refractivity contribution >= 4 is 11.7 Å². The van der Waals surface area contributed by atoms with E-state index in [9.17, 15) is 0 Å². The molecule has 5 N–H and O–H groups in total. The molecule has 0 aliphatic rings. The van der Waals surface area contributed by atoms with E-state index in [1.807, 2.05) is 0 Å². The number of rotatable bonds is 5. The van der Waals surface area contributed by atoms with Crippen LogP contribution < -0.4 is 30.8 Å². The highest BCUT2D eigenvalue weighted by Crippen LogP contribution is 2.38. The average Bonchev–Trinajstić information content (AvgIpc) is 2.42. The summed E-state index contributed by atoms with van der Waals surface area (Å²) < 4.78 is 15.8. The molecule has 0 fully saturated rings. The van der Waals surface area contributed by atoms with Crippen LogP contribution in [0.4, 0.5) is 0 Å². The Morgan fingerprint density at radius 3 is 1.95 bits per heavy atom. The molecule has 1 rings (SSSR count). The van der Waals surface area contributed by atoms with Crippen LogP contribution in [-0.4, -0.2) is 33.0 Å². The van der Waals surface area contributed by atoms with Crippen LogP contribution in [0.5, 0.6) is 17.2 Å². The Morgan fingerprint density at radius 1 is 1.05 bits per heavy atom. The second kappa shape index (κ2) is 6.48. The molecule has 0 aliphatic heterocycles. The number of hydrogen-bond acceptors (Lipinski definition) is 4. The van der Waals surface area contributed by atoms with Crippen molar-refractivity contribution in [3.05, 3.63) is 17.7 Å². The fraction of sp³-hybridized carbons (Fsp3) is 0.333. The molecule has 0 bridgehead atoms. The van der Waals surface area contributed by atoms with E-state index in [0.29, 0.717) is 23.0 Å². The topological polar surface area (TPSA) is 106 Å². The Bertz CT molecular complexity index is 483. The lowest BCUT2D eigenvalue weighted by atomic mass is 10.1. The first kappa shape index (κ1) is 14.6. The third kappa shape index (κ3) is 3.51. The molecule has 0 amide bonds. The zero-order valence-corrected chi connectivity index (χ0v) is 11.5. The van der Waals surface area contributed by atoms with E-state index in [0.717, 1.165) is 5.56 Å². The lowest BCUT2D eigenvalue weighted by Crippen LogP contribution is -2.72. The van der Waals surface area contributed by atoms with Gasteiger partial charge in [0.15, 0.2) is 11.5 Å². The van der Waals surface area contributed by atoms with Crippen molar-refractivity contribution < 1.29 is 19.3 Å². The van der Waals surface area contributed by atoms with E-state index in [1.54, 1.807) is 40.4 Å². The summed E-state index contributed by atoms with van der Waals surface area (Å²) in [7, 11) is 4.65. The first-order chi connectivity index (χ1) is 9.03. The zero-order chi connectivity index (χ0) is 14.4. The van der Waals surface area contributed by atoms with E-state index in [2.05, 4.69) is 10.2 Å². The molecule has 19 heavy (non-hydrogen) atoms. The zero-order valence-electron chi connectivity index (χ0n) is 11.5. The first-order valence-corrected chi connectivity index (χ1v) is 5.52. The summed E-state index contributed by atoms with van der Waals surface area (Å²) >= 11 is 0. The Hall–Kier alpha value is -2.44. The van der Waals surface area contributed by atoms with Gasteiger partial charge < -0.3 is 14.2 Å². The standard InChI is InChI=1S/C12H18N4O3/c1-7(15-16-12(13)14)8-5-9(17-2)11(19-4)10(6-8)18-3/h5-6H,1-4H3,(H4,13,14,16)/p+1/b15-7-. The number of hydrogen-bond donors (Lipinski definition) is 3. The Kier molecular flexibility index (Phi) is 4.99. The fourth-order valence-corrected chi connectivity index (χ4v) is 1.50. The van der Waals surface area contributed by atoms with Crippen LogP contribution in [-0.2, 0) is 0 Å². The second-order valence-electron chi connectivity index (χ2n) is 3.68. The highest BCUT2D eigenvalue weighted by molar-refractivity contribution is 5.99. The summed E-state index contributed by atoms with van der Waals surface area (Å²) in [4.78, 5) is 0. The minimum absolute atomic E-state index is 0.0202. The van der Waals surface area contributed by atoms with Crippen LogP contribution in [0, 0.1) is 0 Å². The fourth-order valence-electron chi connectivity index (χ4n) is 1.50. The van der Waals surface area contributed by atoms with Crippen molar-refractivity contribution in [1.29, 1.82) is 0 Å². The van der Waals surface area contributed by atoms with Crippen LogP contribution in [0.15, 0.2) is 17.2 Å². The molecule has 0 heterocycles. The lowest BCUT2D eigenvalue weighted by Gasteiger charge is -2.13. The quantitative estimate of drug-likeness (QED) is 0.352. The van der Waals surface area contributed by atoms with Crippen LogP contribution in [0.1, 0.15) is 12.5 Å². The number of ether oxygens (including phenoxy) is 3. The minimum Gasteiger partial charge on any atom is -0.493 e. The predicted molar refractivity (Wildman–Crippen MR) is 72.7 cm³/mol. The molecule has 0 saturated carbocycles. The molecule has 0 aromatic heterocycles. The molecular formula is C12H19N4O3+. The van der Waals surface area contributed by atoms with Crippen molar-refractivity contribution in [2.24, 2.45) is 16.6 Å². The molecule has 0 saturated heterocycles. The second-order valence-corrected chi connectivity index (χ2v) is 3.68.